The van der Waals surface area contributed by atoms with Gasteiger partial charge < -0.3 is 4.57 Å². The van der Waals surface area contributed by atoms with Crippen LogP contribution in [0.1, 0.15) is 11.3 Å². The predicted octanol–water partition coefficient (Wildman–Crippen LogP) is 3.10. The average molecular weight is 388 g/mol. The molecule has 0 saturated heterocycles. The van der Waals surface area contributed by atoms with E-state index in [1.165, 1.54) is 0 Å². The van der Waals surface area contributed by atoms with Crippen LogP contribution in [-0.2, 0) is 13.6 Å². The van der Waals surface area contributed by atoms with Gasteiger partial charge in [0.2, 0.25) is 10.9 Å². The highest BCUT2D eigenvalue weighted by Crippen LogP contribution is 2.17. The number of fused-ring (bicyclic) bond motifs is 1. The van der Waals surface area contributed by atoms with Gasteiger partial charge in [-0.1, -0.05) is 23.7 Å². The molecule has 4 rings (SSSR count). The number of rotatable bonds is 3. The summed E-state index contributed by atoms with van der Waals surface area (Å²) >= 11 is 11.9. The van der Waals surface area contributed by atoms with Crippen molar-refractivity contribution in [3.05, 3.63) is 63.8 Å². The molecule has 0 bridgehead atoms. The van der Waals surface area contributed by atoms with E-state index in [1.807, 2.05) is 44.3 Å². The summed E-state index contributed by atoms with van der Waals surface area (Å²) in [6.45, 7) is 2.46. The summed E-state index contributed by atoms with van der Waals surface area (Å²) in [4.78, 5) is 8.28. The number of hydrogen-bond donors (Lipinski definition) is 1. The smallest absolute Gasteiger partial charge is 0.224 e. The Morgan fingerprint density at radius 1 is 1.15 bits per heavy atom. The fourth-order valence-electron chi connectivity index (χ4n) is 2.95. The van der Waals surface area contributed by atoms with Crippen molar-refractivity contribution in [2.45, 2.75) is 13.5 Å². The molecule has 7 nitrogen and oxygen atoms in total. The number of nitrogens with one attached hydrogen (secondary N) is 1. The summed E-state index contributed by atoms with van der Waals surface area (Å²) in [6.07, 6.45) is 1.63. The van der Waals surface area contributed by atoms with Crippen molar-refractivity contribution in [2.24, 2.45) is 7.05 Å². The van der Waals surface area contributed by atoms with Crippen molar-refractivity contribution in [3.8, 4) is 5.69 Å². The third-order valence-corrected chi connectivity index (χ3v) is 4.66. The molecule has 0 saturated carbocycles. The molecule has 0 amide bonds. The lowest BCUT2D eigenvalue weighted by molar-refractivity contribution is 0.691. The predicted molar refractivity (Wildman–Crippen MR) is 99.8 cm³/mol. The van der Waals surface area contributed by atoms with Crippen LogP contribution in [0.4, 0.5) is 0 Å². The number of halogens is 2. The van der Waals surface area contributed by atoms with E-state index in [0.717, 1.165) is 22.5 Å². The molecule has 0 unspecified atom stereocenters. The summed E-state index contributed by atoms with van der Waals surface area (Å²) in [7, 11) is 1.81. The second kappa shape index (κ2) is 6.26. The Bertz CT molecular complexity index is 1170. The van der Waals surface area contributed by atoms with E-state index in [1.54, 1.807) is 20.0 Å². The molecule has 0 spiro atoms. The minimum Gasteiger partial charge on any atom is -0.311 e. The normalized spacial score (nSPS) is 11.4. The summed E-state index contributed by atoms with van der Waals surface area (Å²) in [5.74, 6) is 0. The quantitative estimate of drug-likeness (QED) is 0.548. The van der Waals surface area contributed by atoms with Crippen LogP contribution in [0.2, 0.25) is 10.4 Å². The molecule has 0 aliphatic rings. The van der Waals surface area contributed by atoms with E-state index in [2.05, 4.69) is 15.1 Å². The number of aryl methyl sites for hydroxylation is 2. The monoisotopic (exact) mass is 387 g/mol. The molecule has 1 aromatic carbocycles. The van der Waals surface area contributed by atoms with Crippen LogP contribution >= 0.6 is 23.2 Å². The lowest BCUT2D eigenvalue weighted by Crippen LogP contribution is -2.23. The minimum atomic E-state index is 0.165. The van der Waals surface area contributed by atoms with E-state index in [9.17, 15) is 0 Å². The molecule has 0 aliphatic carbocycles. The standard InChI is InChI=1S/C17H15Cl2N7/c1-10-7-14(18)23-26(10)12-5-3-11(4-6-12)9-25-15-13(24(2)17(25)20)8-21-16(19)22-15/h3-8,20H,9H2,1-2H3. The molecule has 4 aromatic rings. The molecule has 0 atom stereocenters. The molecule has 0 aliphatic heterocycles. The maximum atomic E-state index is 8.34. The highest BCUT2D eigenvalue weighted by Gasteiger charge is 2.12. The van der Waals surface area contributed by atoms with Gasteiger partial charge in [0.1, 0.15) is 5.52 Å². The number of nitrogens with zero attached hydrogens (tertiary/aromatic N) is 6. The number of imidazole rings is 1. The van der Waals surface area contributed by atoms with Gasteiger partial charge in [-0.15, -0.1) is 0 Å². The van der Waals surface area contributed by atoms with Gasteiger partial charge in [-0.05, 0) is 42.3 Å². The van der Waals surface area contributed by atoms with Gasteiger partial charge in [-0.2, -0.15) is 10.1 Å². The van der Waals surface area contributed by atoms with E-state index < -0.39 is 0 Å². The molecule has 26 heavy (non-hydrogen) atoms. The van der Waals surface area contributed by atoms with Gasteiger partial charge in [0.15, 0.2) is 10.8 Å². The van der Waals surface area contributed by atoms with Crippen molar-refractivity contribution in [2.75, 3.05) is 0 Å². The van der Waals surface area contributed by atoms with E-state index >= 15 is 0 Å². The first kappa shape index (κ1) is 16.8. The zero-order valence-corrected chi connectivity index (χ0v) is 15.6. The highest BCUT2D eigenvalue weighted by atomic mass is 35.5. The van der Waals surface area contributed by atoms with Crippen LogP contribution in [0.25, 0.3) is 16.9 Å². The fourth-order valence-corrected chi connectivity index (χ4v) is 3.31. The molecule has 1 N–H and O–H groups in total. The van der Waals surface area contributed by atoms with Crippen LogP contribution in [-0.4, -0.2) is 28.9 Å². The fraction of sp³-hybridized carbons (Fsp3) is 0.176. The first-order valence-corrected chi connectivity index (χ1v) is 8.63. The number of hydrogen-bond acceptors (Lipinski definition) is 4. The van der Waals surface area contributed by atoms with Crippen LogP contribution in [0.3, 0.4) is 0 Å². The Hall–Kier alpha value is -2.64. The average Bonchev–Trinajstić information content (AvgIpc) is 3.07. The Morgan fingerprint density at radius 2 is 1.88 bits per heavy atom. The van der Waals surface area contributed by atoms with E-state index in [4.69, 9.17) is 28.6 Å². The Kier molecular flexibility index (Phi) is 4.05. The van der Waals surface area contributed by atoms with Crippen molar-refractivity contribution in [3.63, 3.8) is 0 Å². The van der Waals surface area contributed by atoms with Crippen molar-refractivity contribution < 1.29 is 0 Å². The first-order valence-electron chi connectivity index (χ1n) is 7.88. The van der Waals surface area contributed by atoms with Crippen molar-refractivity contribution >= 4 is 34.4 Å². The van der Waals surface area contributed by atoms with Gasteiger partial charge in [0, 0.05) is 12.7 Å². The maximum absolute atomic E-state index is 8.34. The summed E-state index contributed by atoms with van der Waals surface area (Å²) < 4.78 is 5.32. The zero-order chi connectivity index (χ0) is 18.4. The largest absolute Gasteiger partial charge is 0.311 e. The summed E-state index contributed by atoms with van der Waals surface area (Å²) in [5.41, 5.74) is 4.65. The SMILES string of the molecule is Cc1cc(Cl)nn1-c1ccc(Cn2c(=N)n(C)c3cnc(Cl)nc32)cc1. The molecule has 132 valence electrons. The van der Waals surface area contributed by atoms with Gasteiger partial charge in [-0.25, -0.2) is 9.67 Å². The van der Waals surface area contributed by atoms with Crippen molar-refractivity contribution in [1.82, 2.24) is 28.9 Å². The second-order valence-corrected chi connectivity index (χ2v) is 6.73. The lowest BCUT2D eigenvalue weighted by atomic mass is 10.2. The van der Waals surface area contributed by atoms with Gasteiger partial charge in [-0.3, -0.25) is 9.98 Å². The van der Waals surface area contributed by atoms with E-state index in [-0.39, 0.29) is 5.28 Å². The molecule has 3 aromatic heterocycles. The highest BCUT2D eigenvalue weighted by molar-refractivity contribution is 6.29. The van der Waals surface area contributed by atoms with Crippen LogP contribution in [0, 0.1) is 12.3 Å². The number of aromatic nitrogens is 6. The molecule has 9 heteroatoms. The lowest BCUT2D eigenvalue weighted by Gasteiger charge is -2.07. The Balaban J connectivity index is 1.71. The van der Waals surface area contributed by atoms with Crippen LogP contribution in [0.5, 0.6) is 0 Å². The summed E-state index contributed by atoms with van der Waals surface area (Å²) in [5, 5.41) is 13.2. The molecule has 3 heterocycles. The Labute approximate surface area is 159 Å². The minimum absolute atomic E-state index is 0.165. The topological polar surface area (TPSA) is 77.3 Å². The molecule has 0 fully saturated rings. The second-order valence-electron chi connectivity index (χ2n) is 6.00. The van der Waals surface area contributed by atoms with Gasteiger partial charge in [0.05, 0.1) is 18.4 Å². The molecule has 0 radical (unpaired) electrons. The third kappa shape index (κ3) is 2.79. The van der Waals surface area contributed by atoms with Crippen LogP contribution < -0.4 is 5.62 Å². The zero-order valence-electron chi connectivity index (χ0n) is 14.1. The molecular formula is C17H15Cl2N7. The Morgan fingerprint density at radius 3 is 2.54 bits per heavy atom. The first-order chi connectivity index (χ1) is 12.4. The van der Waals surface area contributed by atoms with Gasteiger partial charge in [0.25, 0.3) is 0 Å². The maximum Gasteiger partial charge on any atom is 0.224 e. The summed E-state index contributed by atoms with van der Waals surface area (Å²) in [6, 6.07) is 9.76. The third-order valence-electron chi connectivity index (χ3n) is 4.29. The molecular weight excluding hydrogens is 373 g/mol. The van der Waals surface area contributed by atoms with Crippen molar-refractivity contribution in [1.29, 1.82) is 5.41 Å². The van der Waals surface area contributed by atoms with E-state index in [0.29, 0.717) is 23.0 Å². The van der Waals surface area contributed by atoms with Crippen LogP contribution in [0.15, 0.2) is 36.5 Å². The van der Waals surface area contributed by atoms with Gasteiger partial charge >= 0.3 is 0 Å². The number of benzene rings is 1.